The minimum absolute atomic E-state index is 0.167. The predicted octanol–water partition coefficient (Wildman–Crippen LogP) is 1.31. The number of nitrogens with zero attached hydrogens (tertiary/aromatic N) is 3. The summed E-state index contributed by atoms with van der Waals surface area (Å²) in [7, 11) is 0. The number of hydrogen-bond donors (Lipinski definition) is 2. The van der Waals surface area contributed by atoms with Crippen LogP contribution in [0.1, 0.15) is 50.6 Å². The topological polar surface area (TPSA) is 97.5 Å². The molecule has 1 saturated heterocycles. The first kappa shape index (κ1) is 15.4. The molecule has 0 unspecified atom stereocenters. The number of carboxylic acid groups (broad SMARTS) is 1. The third-order valence-corrected chi connectivity index (χ3v) is 5.02. The Hall–Kier alpha value is -1.47. The summed E-state index contributed by atoms with van der Waals surface area (Å²) in [4.78, 5) is 11.2. The monoisotopic (exact) mass is 309 g/mol. The fourth-order valence-corrected chi connectivity index (χ4v) is 3.73. The minimum atomic E-state index is -0.966. The summed E-state index contributed by atoms with van der Waals surface area (Å²) in [5, 5.41) is 28.1. The Balaban J connectivity index is 1.74. The molecule has 0 aromatic carbocycles. The highest BCUT2D eigenvalue weighted by molar-refractivity contribution is 5.67. The molecule has 0 amide bonds. The fourth-order valence-electron chi connectivity index (χ4n) is 3.73. The zero-order chi connectivity index (χ0) is 15.6. The fraction of sp³-hybridized carbons (Fsp3) is 0.800. The molecule has 0 bridgehead atoms. The van der Waals surface area contributed by atoms with E-state index >= 15 is 0 Å². The van der Waals surface area contributed by atoms with Crippen molar-refractivity contribution in [1.29, 1.82) is 0 Å². The standard InChI is InChI=1S/C15H23N3O4/c19-13(20)9-14(3-1-2-4-14)11-18-10-12(16-17-18)15(21)5-7-22-8-6-15/h10,21H,1-9,11H2,(H,19,20). The van der Waals surface area contributed by atoms with Crippen molar-refractivity contribution in [3.05, 3.63) is 11.9 Å². The van der Waals surface area contributed by atoms with Crippen molar-refractivity contribution in [3.63, 3.8) is 0 Å². The largest absolute Gasteiger partial charge is 0.481 e. The van der Waals surface area contributed by atoms with Crippen LogP contribution >= 0.6 is 0 Å². The van der Waals surface area contributed by atoms with E-state index < -0.39 is 11.6 Å². The molecule has 0 radical (unpaired) electrons. The van der Waals surface area contributed by atoms with Gasteiger partial charge >= 0.3 is 5.97 Å². The highest BCUT2D eigenvalue weighted by Gasteiger charge is 2.38. The van der Waals surface area contributed by atoms with Crippen LogP contribution in [0.25, 0.3) is 0 Å². The van der Waals surface area contributed by atoms with Gasteiger partial charge < -0.3 is 14.9 Å². The summed E-state index contributed by atoms with van der Waals surface area (Å²) >= 11 is 0. The summed E-state index contributed by atoms with van der Waals surface area (Å²) in [6.45, 7) is 1.59. The van der Waals surface area contributed by atoms with E-state index in [9.17, 15) is 9.90 Å². The van der Waals surface area contributed by atoms with Crippen molar-refractivity contribution < 1.29 is 19.7 Å². The van der Waals surface area contributed by atoms with E-state index in [-0.39, 0.29) is 11.8 Å². The predicted molar refractivity (Wildman–Crippen MR) is 77.1 cm³/mol. The molecule has 2 heterocycles. The van der Waals surface area contributed by atoms with Gasteiger partial charge in [0.2, 0.25) is 0 Å². The van der Waals surface area contributed by atoms with Crippen LogP contribution in [0, 0.1) is 5.41 Å². The van der Waals surface area contributed by atoms with Crippen molar-refractivity contribution in [3.8, 4) is 0 Å². The zero-order valence-corrected chi connectivity index (χ0v) is 12.7. The number of aliphatic hydroxyl groups is 1. The van der Waals surface area contributed by atoms with E-state index in [0.29, 0.717) is 38.3 Å². The molecule has 1 saturated carbocycles. The maximum Gasteiger partial charge on any atom is 0.303 e. The molecule has 0 atom stereocenters. The first-order valence-corrected chi connectivity index (χ1v) is 7.94. The van der Waals surface area contributed by atoms with Crippen LogP contribution < -0.4 is 0 Å². The summed E-state index contributed by atoms with van der Waals surface area (Å²) in [6.07, 6.45) is 6.93. The zero-order valence-electron chi connectivity index (χ0n) is 12.7. The van der Waals surface area contributed by atoms with E-state index in [1.54, 1.807) is 10.9 Å². The van der Waals surface area contributed by atoms with Gasteiger partial charge in [-0.25, -0.2) is 0 Å². The highest BCUT2D eigenvalue weighted by Crippen LogP contribution is 2.42. The van der Waals surface area contributed by atoms with Crippen molar-refractivity contribution in [2.75, 3.05) is 13.2 Å². The Kier molecular flexibility index (Phi) is 4.18. The average molecular weight is 309 g/mol. The highest BCUT2D eigenvalue weighted by atomic mass is 16.5. The third kappa shape index (κ3) is 3.15. The van der Waals surface area contributed by atoms with Gasteiger partial charge in [-0.2, -0.15) is 0 Å². The smallest absolute Gasteiger partial charge is 0.303 e. The van der Waals surface area contributed by atoms with E-state index in [4.69, 9.17) is 9.84 Å². The molecule has 2 fully saturated rings. The normalized spacial score (nSPS) is 23.5. The lowest BCUT2D eigenvalue weighted by Gasteiger charge is -2.30. The number of rotatable bonds is 5. The van der Waals surface area contributed by atoms with Crippen LogP contribution in [0.5, 0.6) is 0 Å². The second-order valence-corrected chi connectivity index (χ2v) is 6.72. The Bertz CT molecular complexity index is 531. The molecule has 7 nitrogen and oxygen atoms in total. The molecule has 1 aromatic heterocycles. The number of hydrogen-bond acceptors (Lipinski definition) is 5. The van der Waals surface area contributed by atoms with Crippen molar-refractivity contribution >= 4 is 5.97 Å². The van der Waals surface area contributed by atoms with E-state index in [2.05, 4.69) is 10.3 Å². The molecule has 0 spiro atoms. The SMILES string of the molecule is O=C(O)CC1(Cn2cc(C3(O)CCOCC3)nn2)CCCC1. The number of carboxylic acids is 1. The maximum atomic E-state index is 11.2. The molecule has 7 heteroatoms. The van der Waals surface area contributed by atoms with Crippen LogP contribution in [-0.2, 0) is 21.7 Å². The lowest BCUT2D eigenvalue weighted by atomic mass is 9.82. The maximum absolute atomic E-state index is 11.2. The molecular weight excluding hydrogens is 286 g/mol. The van der Waals surface area contributed by atoms with Gasteiger partial charge in [0.1, 0.15) is 11.3 Å². The molecule has 2 aliphatic rings. The number of aromatic nitrogens is 3. The Morgan fingerprint density at radius 1 is 1.27 bits per heavy atom. The van der Waals surface area contributed by atoms with Gasteiger partial charge in [-0.05, 0) is 12.8 Å². The Labute approximate surface area is 129 Å². The van der Waals surface area contributed by atoms with Gasteiger partial charge in [0.25, 0.3) is 0 Å². The number of aliphatic carboxylic acids is 1. The van der Waals surface area contributed by atoms with Gasteiger partial charge in [-0.3, -0.25) is 9.48 Å². The van der Waals surface area contributed by atoms with Crippen LogP contribution in [0.2, 0.25) is 0 Å². The molecule has 3 rings (SSSR count). The summed E-state index contributed by atoms with van der Waals surface area (Å²) in [5.74, 6) is -0.759. The molecule has 2 N–H and O–H groups in total. The second kappa shape index (κ2) is 5.96. The van der Waals surface area contributed by atoms with Gasteiger partial charge in [0.05, 0.1) is 12.6 Å². The third-order valence-electron chi connectivity index (χ3n) is 5.02. The van der Waals surface area contributed by atoms with Crippen molar-refractivity contribution in [2.24, 2.45) is 5.41 Å². The van der Waals surface area contributed by atoms with Crippen molar-refractivity contribution in [1.82, 2.24) is 15.0 Å². The second-order valence-electron chi connectivity index (χ2n) is 6.72. The summed E-state index contributed by atoms with van der Waals surface area (Å²) in [6, 6.07) is 0. The van der Waals surface area contributed by atoms with Crippen LogP contribution in [0.4, 0.5) is 0 Å². The van der Waals surface area contributed by atoms with E-state index in [1.165, 1.54) is 0 Å². The average Bonchev–Trinajstić information content (AvgIpc) is 3.10. The van der Waals surface area contributed by atoms with Gasteiger partial charge in [0, 0.05) is 38.0 Å². The van der Waals surface area contributed by atoms with Crippen LogP contribution in [-0.4, -0.2) is 44.4 Å². The molecule has 22 heavy (non-hydrogen) atoms. The first-order chi connectivity index (χ1) is 10.5. The minimum Gasteiger partial charge on any atom is -0.481 e. The first-order valence-electron chi connectivity index (χ1n) is 7.94. The van der Waals surface area contributed by atoms with Gasteiger partial charge in [-0.15, -0.1) is 5.10 Å². The summed E-state index contributed by atoms with van der Waals surface area (Å²) in [5.41, 5.74) is -0.624. The molecule has 1 aromatic rings. The van der Waals surface area contributed by atoms with Crippen LogP contribution in [0.3, 0.4) is 0 Å². The molecule has 122 valence electrons. The molecular formula is C15H23N3O4. The number of carbonyl (C=O) groups is 1. The Morgan fingerprint density at radius 2 is 1.95 bits per heavy atom. The summed E-state index contributed by atoms with van der Waals surface area (Å²) < 4.78 is 6.99. The quantitative estimate of drug-likeness (QED) is 0.851. The van der Waals surface area contributed by atoms with E-state index in [0.717, 1.165) is 25.7 Å². The van der Waals surface area contributed by atoms with Crippen molar-refractivity contribution in [2.45, 2.75) is 57.1 Å². The van der Waals surface area contributed by atoms with Gasteiger partial charge in [-0.1, -0.05) is 18.1 Å². The molecule has 1 aliphatic heterocycles. The molecule has 1 aliphatic carbocycles. The number of ether oxygens (including phenoxy) is 1. The van der Waals surface area contributed by atoms with E-state index in [1.807, 2.05) is 0 Å². The van der Waals surface area contributed by atoms with Crippen LogP contribution in [0.15, 0.2) is 6.20 Å². The Morgan fingerprint density at radius 3 is 2.59 bits per heavy atom. The lowest BCUT2D eigenvalue weighted by Crippen LogP contribution is -2.33. The lowest BCUT2D eigenvalue weighted by molar-refractivity contribution is -0.140. The van der Waals surface area contributed by atoms with Gasteiger partial charge in [0.15, 0.2) is 0 Å².